The molecule has 0 radical (unpaired) electrons. The first-order chi connectivity index (χ1) is 12.7. The molecule has 4 heteroatoms. The molecule has 0 unspecified atom stereocenters. The standard InChI is InChI=1S/C22H17NO2S/c24-22(25)21-19(13-15-7-2-1-3-8-15)23-20(26-21)14-17-11-6-10-16-9-4-5-12-18(16)17/h1-12H,13-14H2,(H,24,25). The summed E-state index contributed by atoms with van der Waals surface area (Å²) in [6.07, 6.45) is 1.18. The van der Waals surface area contributed by atoms with Crippen LogP contribution in [0.5, 0.6) is 0 Å². The smallest absolute Gasteiger partial charge is 0.347 e. The van der Waals surface area contributed by atoms with Crippen LogP contribution in [0.25, 0.3) is 10.8 Å². The van der Waals surface area contributed by atoms with Crippen molar-refractivity contribution in [3.8, 4) is 0 Å². The minimum absolute atomic E-state index is 0.337. The number of thiazole rings is 1. The molecule has 1 heterocycles. The molecule has 0 fully saturated rings. The molecule has 3 aromatic carbocycles. The number of hydrogen-bond donors (Lipinski definition) is 1. The Morgan fingerprint density at radius 2 is 1.62 bits per heavy atom. The van der Waals surface area contributed by atoms with Crippen molar-refractivity contribution in [2.75, 3.05) is 0 Å². The van der Waals surface area contributed by atoms with Crippen molar-refractivity contribution in [3.63, 3.8) is 0 Å². The predicted octanol–water partition coefficient (Wildman–Crippen LogP) is 5.18. The predicted molar refractivity (Wildman–Crippen MR) is 105 cm³/mol. The lowest BCUT2D eigenvalue weighted by Gasteiger charge is -2.04. The molecule has 0 amide bonds. The van der Waals surface area contributed by atoms with Crippen molar-refractivity contribution in [2.24, 2.45) is 0 Å². The summed E-state index contributed by atoms with van der Waals surface area (Å²) < 4.78 is 0. The van der Waals surface area contributed by atoms with Gasteiger partial charge in [0.1, 0.15) is 4.88 Å². The maximum absolute atomic E-state index is 11.7. The largest absolute Gasteiger partial charge is 0.477 e. The third-order valence-electron chi connectivity index (χ3n) is 4.37. The van der Waals surface area contributed by atoms with Crippen molar-refractivity contribution in [1.29, 1.82) is 0 Å². The number of carboxylic acids is 1. The van der Waals surface area contributed by atoms with E-state index in [0.717, 1.165) is 10.6 Å². The lowest BCUT2D eigenvalue weighted by molar-refractivity contribution is 0.0701. The second-order valence-corrected chi connectivity index (χ2v) is 7.25. The normalized spacial score (nSPS) is 10.9. The Labute approximate surface area is 155 Å². The average Bonchev–Trinajstić information content (AvgIpc) is 3.05. The number of benzene rings is 3. The van der Waals surface area contributed by atoms with Crippen LogP contribution in [-0.2, 0) is 12.8 Å². The molecule has 4 rings (SSSR count). The van der Waals surface area contributed by atoms with Gasteiger partial charge in [0.05, 0.1) is 10.7 Å². The maximum Gasteiger partial charge on any atom is 0.347 e. The zero-order valence-corrected chi connectivity index (χ0v) is 14.9. The van der Waals surface area contributed by atoms with Crippen LogP contribution in [0.4, 0.5) is 0 Å². The molecule has 1 N–H and O–H groups in total. The molecular weight excluding hydrogens is 342 g/mol. The number of carboxylic acid groups (broad SMARTS) is 1. The third-order valence-corrected chi connectivity index (χ3v) is 5.46. The van der Waals surface area contributed by atoms with Crippen LogP contribution >= 0.6 is 11.3 Å². The van der Waals surface area contributed by atoms with Gasteiger partial charge in [0, 0.05) is 12.8 Å². The zero-order chi connectivity index (χ0) is 17.9. The van der Waals surface area contributed by atoms with Crippen LogP contribution in [0.1, 0.15) is 31.5 Å². The third kappa shape index (κ3) is 3.37. The van der Waals surface area contributed by atoms with Gasteiger partial charge in [-0.05, 0) is 21.9 Å². The molecule has 128 valence electrons. The van der Waals surface area contributed by atoms with Gasteiger partial charge in [-0.15, -0.1) is 11.3 Å². The van der Waals surface area contributed by atoms with E-state index >= 15 is 0 Å². The van der Waals surface area contributed by atoms with Crippen molar-refractivity contribution in [2.45, 2.75) is 12.8 Å². The summed E-state index contributed by atoms with van der Waals surface area (Å²) in [5.41, 5.74) is 2.88. The first-order valence-corrected chi connectivity index (χ1v) is 9.25. The van der Waals surface area contributed by atoms with E-state index in [1.807, 2.05) is 48.5 Å². The van der Waals surface area contributed by atoms with E-state index in [9.17, 15) is 9.90 Å². The second kappa shape index (κ2) is 7.10. The summed E-state index contributed by atoms with van der Waals surface area (Å²) in [6.45, 7) is 0. The van der Waals surface area contributed by atoms with Gasteiger partial charge in [0.15, 0.2) is 0 Å². The van der Waals surface area contributed by atoms with E-state index in [4.69, 9.17) is 0 Å². The molecule has 0 aliphatic rings. The van der Waals surface area contributed by atoms with Crippen LogP contribution < -0.4 is 0 Å². The number of hydrogen-bond acceptors (Lipinski definition) is 3. The lowest BCUT2D eigenvalue weighted by atomic mass is 10.0. The summed E-state index contributed by atoms with van der Waals surface area (Å²) in [5.74, 6) is -0.905. The fourth-order valence-corrected chi connectivity index (χ4v) is 4.10. The van der Waals surface area contributed by atoms with Crippen LogP contribution in [0.3, 0.4) is 0 Å². The summed E-state index contributed by atoms with van der Waals surface area (Å²) in [4.78, 5) is 16.7. The summed E-state index contributed by atoms with van der Waals surface area (Å²) >= 11 is 1.28. The molecule has 0 saturated heterocycles. The van der Waals surface area contributed by atoms with Crippen molar-refractivity contribution in [1.82, 2.24) is 4.98 Å². The Morgan fingerprint density at radius 3 is 2.42 bits per heavy atom. The summed E-state index contributed by atoms with van der Waals surface area (Å²) in [7, 11) is 0. The van der Waals surface area contributed by atoms with Gasteiger partial charge in [-0.3, -0.25) is 0 Å². The van der Waals surface area contributed by atoms with Crippen molar-refractivity contribution >= 4 is 28.1 Å². The minimum atomic E-state index is -0.905. The molecule has 1 aromatic heterocycles. The Bertz CT molecular complexity index is 1060. The van der Waals surface area contributed by atoms with E-state index in [1.54, 1.807) is 0 Å². The highest BCUT2D eigenvalue weighted by Crippen LogP contribution is 2.26. The van der Waals surface area contributed by atoms with Gasteiger partial charge in [-0.2, -0.15) is 0 Å². The van der Waals surface area contributed by atoms with Crippen molar-refractivity contribution < 1.29 is 9.90 Å². The molecule has 4 aromatic rings. The maximum atomic E-state index is 11.7. The van der Waals surface area contributed by atoms with Gasteiger partial charge in [0.25, 0.3) is 0 Å². The number of carbonyl (C=O) groups is 1. The Kier molecular flexibility index (Phi) is 4.50. The fraction of sp³-hybridized carbons (Fsp3) is 0.0909. The number of rotatable bonds is 5. The van der Waals surface area contributed by atoms with Crippen LogP contribution in [-0.4, -0.2) is 16.1 Å². The Hall–Kier alpha value is -2.98. The van der Waals surface area contributed by atoms with Crippen LogP contribution in [0.2, 0.25) is 0 Å². The molecule has 0 saturated carbocycles. The highest BCUT2D eigenvalue weighted by molar-refractivity contribution is 7.13. The molecule has 0 spiro atoms. The molecule has 0 aliphatic heterocycles. The number of aromatic nitrogens is 1. The molecule has 0 bridgehead atoms. The topological polar surface area (TPSA) is 50.2 Å². The number of aromatic carboxylic acids is 1. The first kappa shape index (κ1) is 16.5. The molecule has 0 aliphatic carbocycles. The van der Waals surface area contributed by atoms with Gasteiger partial charge in [0.2, 0.25) is 0 Å². The van der Waals surface area contributed by atoms with Gasteiger partial charge in [-0.1, -0.05) is 72.8 Å². The highest BCUT2D eigenvalue weighted by Gasteiger charge is 2.18. The SMILES string of the molecule is O=C(O)c1sc(Cc2cccc3ccccc23)nc1Cc1ccccc1. The fourth-order valence-electron chi connectivity index (χ4n) is 3.16. The van der Waals surface area contributed by atoms with Crippen LogP contribution in [0, 0.1) is 0 Å². The first-order valence-electron chi connectivity index (χ1n) is 8.43. The Balaban J connectivity index is 1.69. The quantitative estimate of drug-likeness (QED) is 0.534. The van der Waals surface area contributed by atoms with E-state index in [1.165, 1.54) is 27.7 Å². The van der Waals surface area contributed by atoms with E-state index < -0.39 is 5.97 Å². The van der Waals surface area contributed by atoms with Gasteiger partial charge >= 0.3 is 5.97 Å². The Morgan fingerprint density at radius 1 is 0.885 bits per heavy atom. The monoisotopic (exact) mass is 359 g/mol. The van der Waals surface area contributed by atoms with E-state index in [0.29, 0.717) is 23.4 Å². The lowest BCUT2D eigenvalue weighted by Crippen LogP contribution is -2.00. The number of fused-ring (bicyclic) bond motifs is 1. The van der Waals surface area contributed by atoms with E-state index in [2.05, 4.69) is 29.2 Å². The van der Waals surface area contributed by atoms with Crippen molar-refractivity contribution in [3.05, 3.63) is 99.5 Å². The summed E-state index contributed by atoms with van der Waals surface area (Å²) in [6, 6.07) is 24.3. The highest BCUT2D eigenvalue weighted by atomic mass is 32.1. The summed E-state index contributed by atoms with van der Waals surface area (Å²) in [5, 5.41) is 12.8. The van der Waals surface area contributed by atoms with Crippen LogP contribution in [0.15, 0.2) is 72.8 Å². The molecule has 0 atom stereocenters. The zero-order valence-electron chi connectivity index (χ0n) is 14.1. The van der Waals surface area contributed by atoms with E-state index in [-0.39, 0.29) is 0 Å². The number of nitrogens with zero attached hydrogens (tertiary/aromatic N) is 1. The second-order valence-electron chi connectivity index (χ2n) is 6.17. The molecule has 3 nitrogen and oxygen atoms in total. The average molecular weight is 359 g/mol. The van der Waals surface area contributed by atoms with Gasteiger partial charge in [-0.25, -0.2) is 9.78 Å². The minimum Gasteiger partial charge on any atom is -0.477 e. The van der Waals surface area contributed by atoms with Gasteiger partial charge < -0.3 is 5.11 Å². The molecule has 26 heavy (non-hydrogen) atoms. The molecular formula is C22H17NO2S.